The predicted octanol–water partition coefficient (Wildman–Crippen LogP) is -0.361. The Kier molecular flexibility index (Phi) is 3.95. The number of hydrogen-bond acceptors (Lipinski definition) is 3. The summed E-state index contributed by atoms with van der Waals surface area (Å²) in [6, 6.07) is 7.86. The normalized spacial score (nSPS) is 11.6. The van der Waals surface area contributed by atoms with Gasteiger partial charge in [0.1, 0.15) is 15.4 Å². The van der Waals surface area contributed by atoms with E-state index in [0.717, 1.165) is 5.69 Å². The van der Waals surface area contributed by atoms with E-state index in [0.29, 0.717) is 0 Å². The van der Waals surface area contributed by atoms with E-state index in [1.807, 2.05) is 24.3 Å². The average molecular weight is 197 g/mol. The van der Waals surface area contributed by atoms with E-state index in [1.54, 1.807) is 14.2 Å². The van der Waals surface area contributed by atoms with E-state index in [2.05, 4.69) is 0 Å². The molecule has 0 aliphatic carbocycles. The fourth-order valence-corrected chi connectivity index (χ4v) is 2.48. The van der Waals surface area contributed by atoms with Gasteiger partial charge in [0, 0.05) is 19.9 Å². The van der Waals surface area contributed by atoms with E-state index in [4.69, 9.17) is 15.2 Å². The minimum absolute atomic E-state index is 0.0790. The maximum absolute atomic E-state index is 5.80. The van der Waals surface area contributed by atoms with Crippen molar-refractivity contribution in [3.05, 3.63) is 24.3 Å². The zero-order chi connectivity index (χ0) is 9.68. The lowest BCUT2D eigenvalue weighted by Crippen LogP contribution is -2.32. The molecule has 0 spiro atoms. The molecule has 0 fully saturated rings. The van der Waals surface area contributed by atoms with Gasteiger partial charge in [-0.05, 0) is 11.3 Å². The molecule has 0 saturated carbocycles. The summed E-state index contributed by atoms with van der Waals surface area (Å²) >= 11 is 0. The molecule has 0 unspecified atom stereocenters. The summed E-state index contributed by atoms with van der Waals surface area (Å²) in [5.41, 5.74) is 6.64. The van der Waals surface area contributed by atoms with Crippen LogP contribution in [0.4, 0.5) is 5.69 Å². The molecule has 13 heavy (non-hydrogen) atoms. The monoisotopic (exact) mass is 197 g/mol. The van der Waals surface area contributed by atoms with Gasteiger partial charge in [-0.2, -0.15) is 0 Å². The highest BCUT2D eigenvalue weighted by Gasteiger charge is 2.08. The number of anilines is 1. The van der Waals surface area contributed by atoms with Crippen LogP contribution in [0.1, 0.15) is 0 Å². The number of nitrogens with two attached hydrogens (primary N) is 1. The Hall–Kier alpha value is -0.843. The number of methoxy groups -OCH3 is 2. The first-order chi connectivity index (χ1) is 6.27. The summed E-state index contributed by atoms with van der Waals surface area (Å²) < 4.78 is 10.3. The summed E-state index contributed by atoms with van der Waals surface area (Å²) in [4.78, 5) is 0. The van der Waals surface area contributed by atoms with Crippen molar-refractivity contribution in [1.82, 2.24) is 0 Å². The molecule has 0 heterocycles. The first kappa shape index (κ1) is 10.2. The summed E-state index contributed by atoms with van der Waals surface area (Å²) in [7, 11) is 2.71. The van der Waals surface area contributed by atoms with Crippen molar-refractivity contribution in [2.75, 3.05) is 20.0 Å². The third-order valence-corrected chi connectivity index (χ3v) is 4.05. The number of hydrogen-bond donors (Lipinski definition) is 1. The SMILES string of the molecule is COC(OC)[SiH2]c1ccccc1N. The lowest BCUT2D eigenvalue weighted by Gasteiger charge is -2.13. The first-order valence-corrected chi connectivity index (χ1v) is 5.69. The molecule has 1 aromatic carbocycles. The second-order valence-corrected chi connectivity index (χ2v) is 4.64. The Morgan fingerprint density at radius 1 is 1.23 bits per heavy atom. The van der Waals surface area contributed by atoms with Gasteiger partial charge < -0.3 is 15.2 Å². The highest BCUT2D eigenvalue weighted by molar-refractivity contribution is 6.56. The molecule has 0 radical (unpaired) electrons. The van der Waals surface area contributed by atoms with Crippen LogP contribution in [0.3, 0.4) is 0 Å². The first-order valence-electron chi connectivity index (χ1n) is 4.17. The molecule has 0 aliphatic rings. The van der Waals surface area contributed by atoms with Crippen LogP contribution < -0.4 is 10.9 Å². The van der Waals surface area contributed by atoms with Gasteiger partial charge in [0.25, 0.3) is 0 Å². The van der Waals surface area contributed by atoms with Crippen LogP contribution in [0.25, 0.3) is 0 Å². The summed E-state index contributed by atoms with van der Waals surface area (Å²) in [6.07, 6.45) is 0. The van der Waals surface area contributed by atoms with Crippen molar-refractivity contribution in [1.29, 1.82) is 0 Å². The second-order valence-electron chi connectivity index (χ2n) is 2.80. The van der Waals surface area contributed by atoms with Crippen molar-refractivity contribution >= 4 is 20.4 Å². The van der Waals surface area contributed by atoms with Gasteiger partial charge in [-0.15, -0.1) is 0 Å². The Bertz CT molecular complexity index is 264. The van der Waals surface area contributed by atoms with Gasteiger partial charge in [0.05, 0.1) is 0 Å². The topological polar surface area (TPSA) is 44.5 Å². The quantitative estimate of drug-likeness (QED) is 0.407. The van der Waals surface area contributed by atoms with E-state index in [9.17, 15) is 0 Å². The molecular weight excluding hydrogens is 182 g/mol. The third-order valence-electron chi connectivity index (χ3n) is 1.97. The summed E-state index contributed by atoms with van der Waals surface area (Å²) in [5, 5.41) is 1.19. The van der Waals surface area contributed by atoms with Crippen molar-refractivity contribution in [3.63, 3.8) is 0 Å². The number of benzene rings is 1. The van der Waals surface area contributed by atoms with Crippen LogP contribution in [0.15, 0.2) is 24.3 Å². The zero-order valence-corrected chi connectivity index (χ0v) is 9.40. The molecule has 0 bridgehead atoms. The maximum atomic E-state index is 5.80. The smallest absolute Gasteiger partial charge is 0.139 e. The van der Waals surface area contributed by atoms with E-state index in [1.165, 1.54) is 5.19 Å². The van der Waals surface area contributed by atoms with Gasteiger partial charge in [-0.1, -0.05) is 18.2 Å². The molecule has 3 nitrogen and oxygen atoms in total. The Labute approximate surface area is 80.7 Å². The van der Waals surface area contributed by atoms with E-state index < -0.39 is 9.52 Å². The Morgan fingerprint density at radius 3 is 2.38 bits per heavy atom. The van der Waals surface area contributed by atoms with Crippen LogP contribution in [0.5, 0.6) is 0 Å². The van der Waals surface area contributed by atoms with Gasteiger partial charge in [-0.3, -0.25) is 0 Å². The molecule has 72 valence electrons. The lowest BCUT2D eigenvalue weighted by molar-refractivity contribution is -0.0429. The van der Waals surface area contributed by atoms with Crippen molar-refractivity contribution in [3.8, 4) is 0 Å². The highest BCUT2D eigenvalue weighted by Crippen LogP contribution is 1.98. The van der Waals surface area contributed by atoms with Crippen LogP contribution in [0, 0.1) is 0 Å². The molecule has 1 aromatic rings. The predicted molar refractivity (Wildman–Crippen MR) is 56.8 cm³/mol. The van der Waals surface area contributed by atoms with Gasteiger partial charge >= 0.3 is 0 Å². The summed E-state index contributed by atoms with van der Waals surface area (Å²) in [5.74, 6) is -0.0790. The fourth-order valence-electron chi connectivity index (χ4n) is 1.16. The van der Waals surface area contributed by atoms with Gasteiger partial charge in [0.15, 0.2) is 0 Å². The van der Waals surface area contributed by atoms with Gasteiger partial charge in [-0.25, -0.2) is 0 Å². The maximum Gasteiger partial charge on any atom is 0.139 e. The molecule has 0 atom stereocenters. The number of para-hydroxylation sites is 1. The van der Waals surface area contributed by atoms with Crippen LogP contribution in [0.2, 0.25) is 0 Å². The van der Waals surface area contributed by atoms with E-state index >= 15 is 0 Å². The minimum Gasteiger partial charge on any atom is -0.399 e. The number of nitrogen functional groups attached to an aromatic ring is 1. The molecule has 2 N–H and O–H groups in total. The van der Waals surface area contributed by atoms with Crippen LogP contribution in [-0.4, -0.2) is 29.7 Å². The Morgan fingerprint density at radius 2 is 1.85 bits per heavy atom. The fraction of sp³-hybridized carbons (Fsp3) is 0.333. The third kappa shape index (κ3) is 2.84. The number of rotatable bonds is 4. The average Bonchev–Trinajstić information content (AvgIpc) is 2.17. The van der Waals surface area contributed by atoms with Crippen molar-refractivity contribution < 1.29 is 9.47 Å². The van der Waals surface area contributed by atoms with Crippen LogP contribution in [-0.2, 0) is 9.47 Å². The van der Waals surface area contributed by atoms with Gasteiger partial charge in [0.2, 0.25) is 0 Å². The highest BCUT2D eigenvalue weighted by atomic mass is 28.2. The zero-order valence-electron chi connectivity index (χ0n) is 7.99. The summed E-state index contributed by atoms with van der Waals surface area (Å²) in [6.45, 7) is 0. The molecule has 0 saturated heterocycles. The Balaban J connectivity index is 2.67. The number of ether oxygens (including phenoxy) is 2. The molecule has 1 rings (SSSR count). The van der Waals surface area contributed by atoms with Crippen molar-refractivity contribution in [2.45, 2.75) is 5.91 Å². The largest absolute Gasteiger partial charge is 0.399 e. The molecular formula is C9H15NO2Si. The van der Waals surface area contributed by atoms with Crippen LogP contribution >= 0.6 is 0 Å². The molecule has 4 heteroatoms. The molecule has 0 aromatic heterocycles. The second kappa shape index (κ2) is 5.01. The standard InChI is InChI=1S/C9H15NO2Si/c1-11-9(12-2)13-8-6-4-3-5-7(8)10/h3-6,9H,10,13H2,1-2H3. The molecule has 0 aliphatic heterocycles. The van der Waals surface area contributed by atoms with Crippen molar-refractivity contribution in [2.24, 2.45) is 0 Å². The molecule has 0 amide bonds. The minimum atomic E-state index is -0.596. The van der Waals surface area contributed by atoms with E-state index in [-0.39, 0.29) is 5.91 Å². The lowest BCUT2D eigenvalue weighted by atomic mass is 10.3.